The van der Waals surface area contributed by atoms with Gasteiger partial charge in [-0.3, -0.25) is 10.1 Å². The minimum absolute atomic E-state index is 0.219. The van der Waals surface area contributed by atoms with Crippen molar-refractivity contribution < 1.29 is 8.42 Å². The number of hydrogen-bond donors (Lipinski definition) is 1. The van der Waals surface area contributed by atoms with Gasteiger partial charge in [0, 0.05) is 45.8 Å². The SMILES string of the molecule is CN(C)c1nccnc1CC1CCCN(S(=O)(=O)c2cn[nH]c2)C1. The Labute approximate surface area is 142 Å². The van der Waals surface area contributed by atoms with E-state index in [1.54, 1.807) is 16.7 Å². The summed E-state index contributed by atoms with van der Waals surface area (Å²) in [6, 6.07) is 0. The third-order valence-corrected chi connectivity index (χ3v) is 6.08. The number of rotatable bonds is 5. The molecular weight excluding hydrogens is 328 g/mol. The lowest BCUT2D eigenvalue weighted by atomic mass is 9.94. The molecule has 1 aliphatic heterocycles. The zero-order valence-corrected chi connectivity index (χ0v) is 14.7. The normalized spacial score (nSPS) is 19.3. The second-order valence-electron chi connectivity index (χ2n) is 6.23. The Hall–Kier alpha value is -2.00. The van der Waals surface area contributed by atoms with Gasteiger partial charge in [0.1, 0.15) is 10.7 Å². The summed E-state index contributed by atoms with van der Waals surface area (Å²) in [6.07, 6.45) is 8.69. The standard InChI is InChI=1S/C15H22N6O2S/c1-20(2)15-14(16-5-6-17-15)8-12-4-3-7-21(11-12)24(22,23)13-9-18-19-10-13/h5-6,9-10,12H,3-4,7-8,11H2,1-2H3,(H,18,19). The zero-order valence-electron chi connectivity index (χ0n) is 13.9. The maximum absolute atomic E-state index is 12.7. The van der Waals surface area contributed by atoms with Gasteiger partial charge in [0.05, 0.1) is 11.9 Å². The van der Waals surface area contributed by atoms with Crippen molar-refractivity contribution in [2.45, 2.75) is 24.2 Å². The van der Waals surface area contributed by atoms with E-state index in [-0.39, 0.29) is 10.8 Å². The second-order valence-corrected chi connectivity index (χ2v) is 8.17. The van der Waals surface area contributed by atoms with Crippen LogP contribution >= 0.6 is 0 Å². The fourth-order valence-corrected chi connectivity index (χ4v) is 4.55. The Morgan fingerprint density at radius 1 is 1.33 bits per heavy atom. The molecule has 1 atom stereocenters. The van der Waals surface area contributed by atoms with Crippen LogP contribution in [0.3, 0.4) is 0 Å². The monoisotopic (exact) mass is 350 g/mol. The highest BCUT2D eigenvalue weighted by Gasteiger charge is 2.31. The van der Waals surface area contributed by atoms with E-state index < -0.39 is 10.0 Å². The summed E-state index contributed by atoms with van der Waals surface area (Å²) in [5.41, 5.74) is 0.912. The summed E-state index contributed by atoms with van der Waals surface area (Å²) in [6.45, 7) is 1.04. The fourth-order valence-electron chi connectivity index (χ4n) is 3.09. The molecule has 0 aromatic carbocycles. The highest BCUT2D eigenvalue weighted by Crippen LogP contribution is 2.27. The van der Waals surface area contributed by atoms with Crippen molar-refractivity contribution >= 4 is 15.8 Å². The number of piperidine rings is 1. The first-order valence-corrected chi connectivity index (χ1v) is 9.38. The van der Waals surface area contributed by atoms with Crippen LogP contribution in [0.1, 0.15) is 18.5 Å². The molecule has 130 valence electrons. The molecule has 8 nitrogen and oxygen atoms in total. The Balaban J connectivity index is 1.75. The van der Waals surface area contributed by atoms with Gasteiger partial charge >= 0.3 is 0 Å². The Bertz CT molecular complexity index is 775. The van der Waals surface area contributed by atoms with E-state index in [4.69, 9.17) is 0 Å². The van der Waals surface area contributed by atoms with Gasteiger partial charge in [-0.2, -0.15) is 9.40 Å². The lowest BCUT2D eigenvalue weighted by Crippen LogP contribution is -2.40. The molecule has 2 aromatic rings. The summed E-state index contributed by atoms with van der Waals surface area (Å²) in [5.74, 6) is 1.07. The highest BCUT2D eigenvalue weighted by molar-refractivity contribution is 7.89. The predicted octanol–water partition coefficient (Wildman–Crippen LogP) is 0.909. The predicted molar refractivity (Wildman–Crippen MR) is 90.1 cm³/mol. The molecule has 2 aromatic heterocycles. The van der Waals surface area contributed by atoms with Crippen molar-refractivity contribution in [1.82, 2.24) is 24.5 Å². The number of sulfonamides is 1. The highest BCUT2D eigenvalue weighted by atomic mass is 32.2. The fraction of sp³-hybridized carbons (Fsp3) is 0.533. The van der Waals surface area contributed by atoms with E-state index in [9.17, 15) is 8.42 Å². The van der Waals surface area contributed by atoms with Crippen LogP contribution in [0.5, 0.6) is 0 Å². The molecule has 3 heterocycles. The van der Waals surface area contributed by atoms with Crippen LogP contribution in [-0.4, -0.2) is 60.1 Å². The van der Waals surface area contributed by atoms with Crippen LogP contribution in [-0.2, 0) is 16.4 Å². The number of nitrogens with zero attached hydrogens (tertiary/aromatic N) is 5. The maximum atomic E-state index is 12.7. The Morgan fingerprint density at radius 2 is 2.12 bits per heavy atom. The first-order chi connectivity index (χ1) is 11.5. The van der Waals surface area contributed by atoms with Gasteiger partial charge in [0.15, 0.2) is 0 Å². The molecule has 1 saturated heterocycles. The number of aromatic amines is 1. The third-order valence-electron chi connectivity index (χ3n) is 4.25. The van der Waals surface area contributed by atoms with Crippen molar-refractivity contribution in [1.29, 1.82) is 0 Å². The van der Waals surface area contributed by atoms with Crippen LogP contribution < -0.4 is 4.90 Å². The summed E-state index contributed by atoms with van der Waals surface area (Å²) >= 11 is 0. The summed E-state index contributed by atoms with van der Waals surface area (Å²) in [4.78, 5) is 11.0. The third kappa shape index (κ3) is 3.41. The van der Waals surface area contributed by atoms with E-state index in [2.05, 4.69) is 20.2 Å². The number of H-pyrrole nitrogens is 1. The van der Waals surface area contributed by atoms with E-state index in [0.29, 0.717) is 13.1 Å². The van der Waals surface area contributed by atoms with Gasteiger partial charge in [-0.1, -0.05) is 0 Å². The van der Waals surface area contributed by atoms with Gasteiger partial charge in [-0.15, -0.1) is 0 Å². The number of anilines is 1. The van der Waals surface area contributed by atoms with Crippen molar-refractivity contribution in [3.05, 3.63) is 30.5 Å². The summed E-state index contributed by atoms with van der Waals surface area (Å²) in [7, 11) is 0.392. The second kappa shape index (κ2) is 6.86. The molecule has 0 spiro atoms. The molecule has 1 fully saturated rings. The molecule has 1 N–H and O–H groups in total. The van der Waals surface area contributed by atoms with Crippen LogP contribution in [0.4, 0.5) is 5.82 Å². The quantitative estimate of drug-likeness (QED) is 0.861. The number of hydrogen-bond acceptors (Lipinski definition) is 6. The van der Waals surface area contributed by atoms with Crippen molar-refractivity contribution in [3.8, 4) is 0 Å². The molecule has 0 radical (unpaired) electrons. The largest absolute Gasteiger partial charge is 0.361 e. The van der Waals surface area contributed by atoms with Gasteiger partial charge in [0.2, 0.25) is 10.0 Å². The van der Waals surface area contributed by atoms with E-state index in [0.717, 1.165) is 30.8 Å². The molecule has 1 unspecified atom stereocenters. The Morgan fingerprint density at radius 3 is 2.83 bits per heavy atom. The molecule has 1 aliphatic rings. The number of aromatic nitrogens is 4. The van der Waals surface area contributed by atoms with E-state index in [1.165, 1.54) is 12.4 Å². The minimum Gasteiger partial charge on any atom is -0.361 e. The number of nitrogens with one attached hydrogen (secondary N) is 1. The lowest BCUT2D eigenvalue weighted by molar-refractivity contribution is 0.264. The zero-order chi connectivity index (χ0) is 17.2. The van der Waals surface area contributed by atoms with Crippen molar-refractivity contribution in [2.75, 3.05) is 32.1 Å². The molecule has 0 bridgehead atoms. The maximum Gasteiger partial charge on any atom is 0.246 e. The summed E-state index contributed by atoms with van der Waals surface area (Å²) < 4.78 is 26.9. The lowest BCUT2D eigenvalue weighted by Gasteiger charge is -2.31. The first kappa shape index (κ1) is 16.8. The van der Waals surface area contributed by atoms with Crippen LogP contribution in [0, 0.1) is 5.92 Å². The molecule has 9 heteroatoms. The molecule has 0 saturated carbocycles. The van der Waals surface area contributed by atoms with Gasteiger partial charge in [-0.05, 0) is 25.2 Å². The first-order valence-electron chi connectivity index (χ1n) is 7.94. The van der Waals surface area contributed by atoms with Crippen LogP contribution in [0.15, 0.2) is 29.7 Å². The van der Waals surface area contributed by atoms with Crippen molar-refractivity contribution in [2.24, 2.45) is 5.92 Å². The van der Waals surface area contributed by atoms with Crippen LogP contribution in [0.2, 0.25) is 0 Å². The minimum atomic E-state index is -3.48. The average molecular weight is 350 g/mol. The van der Waals surface area contributed by atoms with Gasteiger partial charge in [0.25, 0.3) is 0 Å². The van der Waals surface area contributed by atoms with Crippen LogP contribution in [0.25, 0.3) is 0 Å². The smallest absolute Gasteiger partial charge is 0.246 e. The Kier molecular flexibility index (Phi) is 4.81. The molecule has 0 amide bonds. The average Bonchev–Trinajstić information content (AvgIpc) is 3.11. The molecule has 24 heavy (non-hydrogen) atoms. The van der Waals surface area contributed by atoms with Gasteiger partial charge < -0.3 is 4.90 Å². The summed E-state index contributed by atoms with van der Waals surface area (Å²) in [5, 5.41) is 6.31. The topological polar surface area (TPSA) is 95.1 Å². The van der Waals surface area contributed by atoms with E-state index >= 15 is 0 Å². The van der Waals surface area contributed by atoms with Gasteiger partial charge in [-0.25, -0.2) is 13.4 Å². The van der Waals surface area contributed by atoms with E-state index in [1.807, 2.05) is 19.0 Å². The molecular formula is C15H22N6O2S. The molecule has 0 aliphatic carbocycles. The molecule has 3 rings (SSSR count). The van der Waals surface area contributed by atoms with Crippen molar-refractivity contribution in [3.63, 3.8) is 0 Å².